The Hall–Kier alpha value is -5.03. The number of benzene rings is 3. The molecule has 0 saturated carbocycles. The number of methoxy groups -OCH3 is 1. The van der Waals surface area contributed by atoms with E-state index in [1.165, 1.54) is 11.8 Å². The summed E-state index contributed by atoms with van der Waals surface area (Å²) in [5, 5.41) is 17.5. The summed E-state index contributed by atoms with van der Waals surface area (Å²) < 4.78 is 11.7. The lowest BCUT2D eigenvalue weighted by atomic mass is 10.1. The van der Waals surface area contributed by atoms with E-state index in [-0.39, 0.29) is 12.2 Å². The van der Waals surface area contributed by atoms with E-state index < -0.39 is 5.97 Å². The van der Waals surface area contributed by atoms with Crippen molar-refractivity contribution in [2.24, 2.45) is 0 Å². The molecule has 35 heavy (non-hydrogen) atoms. The summed E-state index contributed by atoms with van der Waals surface area (Å²) in [6.07, 6.45) is 4.01. The van der Waals surface area contributed by atoms with Crippen LogP contribution >= 0.6 is 0 Å². The third kappa shape index (κ3) is 4.56. The van der Waals surface area contributed by atoms with Crippen molar-refractivity contribution in [2.45, 2.75) is 6.54 Å². The highest BCUT2D eigenvalue weighted by atomic mass is 16.5. The molecule has 0 spiro atoms. The average molecular weight is 461 g/mol. The van der Waals surface area contributed by atoms with Gasteiger partial charge in [-0.15, -0.1) is 5.10 Å². The van der Waals surface area contributed by atoms with Crippen molar-refractivity contribution in [3.63, 3.8) is 0 Å². The van der Waals surface area contributed by atoms with Gasteiger partial charge in [0, 0.05) is 11.1 Å². The zero-order valence-electron chi connectivity index (χ0n) is 18.8. The van der Waals surface area contributed by atoms with Crippen LogP contribution in [-0.4, -0.2) is 33.1 Å². The largest absolute Gasteiger partial charge is 0.468 e. The lowest BCUT2D eigenvalue weighted by Gasteiger charge is -2.01. The van der Waals surface area contributed by atoms with Gasteiger partial charge in [-0.05, 0) is 35.4 Å². The minimum absolute atomic E-state index is 0.168. The van der Waals surface area contributed by atoms with E-state index in [2.05, 4.69) is 26.1 Å². The fourth-order valence-electron chi connectivity index (χ4n) is 3.59. The zero-order chi connectivity index (χ0) is 24.2. The Balaban J connectivity index is 1.30. The Morgan fingerprint density at radius 1 is 1.00 bits per heavy atom. The van der Waals surface area contributed by atoms with E-state index in [0.29, 0.717) is 11.6 Å². The van der Waals surface area contributed by atoms with Gasteiger partial charge in [0.1, 0.15) is 23.8 Å². The third-order valence-electron chi connectivity index (χ3n) is 5.45. The van der Waals surface area contributed by atoms with Gasteiger partial charge in [0.25, 0.3) is 0 Å². The molecule has 8 heteroatoms. The number of para-hydroxylation sites is 2. The predicted octanol–water partition coefficient (Wildman–Crippen LogP) is 4.97. The molecule has 2 aromatic heterocycles. The van der Waals surface area contributed by atoms with Crippen molar-refractivity contribution >= 4 is 29.2 Å². The number of hydrogen-bond donors (Lipinski definition) is 0. The molecule has 2 heterocycles. The Labute approximate surface area is 200 Å². The third-order valence-corrected chi connectivity index (χ3v) is 5.45. The topological polar surface area (TPSA) is 107 Å². The number of nitrogens with zero attached hydrogens (tertiary/aromatic N) is 5. The number of hydrogen-bond acceptors (Lipinski definition) is 7. The Morgan fingerprint density at radius 3 is 2.29 bits per heavy atom. The molecule has 0 unspecified atom stereocenters. The van der Waals surface area contributed by atoms with Crippen LogP contribution in [0.25, 0.3) is 46.0 Å². The first kappa shape index (κ1) is 21.8. The normalized spacial score (nSPS) is 11.1. The minimum Gasteiger partial charge on any atom is -0.468 e. The molecule has 0 radical (unpaired) electrons. The zero-order valence-corrected chi connectivity index (χ0v) is 18.8. The molecule has 8 nitrogen and oxygen atoms in total. The van der Waals surface area contributed by atoms with E-state index in [1.807, 2.05) is 84.9 Å². The van der Waals surface area contributed by atoms with Crippen molar-refractivity contribution in [3.05, 3.63) is 89.6 Å². The van der Waals surface area contributed by atoms with E-state index in [9.17, 15) is 10.1 Å². The van der Waals surface area contributed by atoms with Gasteiger partial charge in [0.15, 0.2) is 11.3 Å². The van der Waals surface area contributed by atoms with E-state index in [1.54, 1.807) is 0 Å². The fourth-order valence-corrected chi connectivity index (χ4v) is 3.59. The van der Waals surface area contributed by atoms with Gasteiger partial charge >= 0.3 is 5.97 Å². The summed E-state index contributed by atoms with van der Waals surface area (Å²) in [6, 6.07) is 25.3. The monoisotopic (exact) mass is 461 g/mol. The molecule has 0 aliphatic carbocycles. The Kier molecular flexibility index (Phi) is 5.89. The first-order valence-corrected chi connectivity index (χ1v) is 10.8. The Morgan fingerprint density at radius 2 is 1.66 bits per heavy atom. The highest BCUT2D eigenvalue weighted by molar-refractivity contribution is 5.77. The van der Waals surface area contributed by atoms with E-state index in [4.69, 9.17) is 4.42 Å². The smallest absolute Gasteiger partial charge is 0.327 e. The second-order valence-corrected chi connectivity index (χ2v) is 7.70. The molecule has 170 valence electrons. The van der Waals surface area contributed by atoms with Crippen LogP contribution in [0.4, 0.5) is 0 Å². The number of esters is 1. The second kappa shape index (κ2) is 9.45. The van der Waals surface area contributed by atoms with Gasteiger partial charge in [0.05, 0.1) is 7.11 Å². The molecule has 0 aliphatic heterocycles. The number of ether oxygens (including phenoxy) is 1. The quantitative estimate of drug-likeness (QED) is 0.260. The number of carbonyl (C=O) groups is 1. The van der Waals surface area contributed by atoms with Gasteiger partial charge in [-0.3, -0.25) is 4.79 Å². The van der Waals surface area contributed by atoms with Crippen molar-refractivity contribution in [1.29, 1.82) is 5.26 Å². The highest BCUT2D eigenvalue weighted by Gasteiger charge is 2.16. The van der Waals surface area contributed by atoms with Gasteiger partial charge in [-0.25, -0.2) is 9.67 Å². The van der Waals surface area contributed by atoms with Crippen LogP contribution in [-0.2, 0) is 16.1 Å². The fraction of sp³-hybridized carbons (Fsp3) is 0.0741. The molecular weight excluding hydrogens is 442 g/mol. The number of nitriles is 1. The maximum Gasteiger partial charge on any atom is 0.327 e. The van der Waals surface area contributed by atoms with Crippen molar-refractivity contribution in [2.75, 3.05) is 7.11 Å². The van der Waals surface area contributed by atoms with Crippen LogP contribution in [0.1, 0.15) is 16.8 Å². The first-order chi connectivity index (χ1) is 17.1. The van der Waals surface area contributed by atoms with E-state index in [0.717, 1.165) is 33.4 Å². The summed E-state index contributed by atoms with van der Waals surface area (Å²) in [7, 11) is 1.28. The van der Waals surface area contributed by atoms with Gasteiger partial charge in [-0.2, -0.15) is 5.26 Å². The standard InChI is InChI=1S/C27H19N5O3/c1-34-25(33)17-32-23(16-28)26(30-31-32)20-12-8-18(9-13-20)6-7-19-10-14-21(15-11-19)27-29-22-4-2-3-5-24(22)35-27/h2-15H,17H2,1H3. The summed E-state index contributed by atoms with van der Waals surface area (Å²) >= 11 is 0. The maximum atomic E-state index is 11.5. The molecule has 0 aliphatic rings. The van der Waals surface area contributed by atoms with Crippen LogP contribution in [0.3, 0.4) is 0 Å². The minimum atomic E-state index is -0.500. The van der Waals surface area contributed by atoms with Crippen molar-refractivity contribution in [3.8, 4) is 28.8 Å². The summed E-state index contributed by atoms with van der Waals surface area (Å²) in [5.74, 6) is 0.0953. The molecule has 5 rings (SSSR count). The highest BCUT2D eigenvalue weighted by Crippen LogP contribution is 2.25. The van der Waals surface area contributed by atoms with Crippen LogP contribution in [0.15, 0.2) is 77.2 Å². The Bertz CT molecular complexity index is 1540. The molecule has 0 N–H and O–H groups in total. The van der Waals surface area contributed by atoms with Crippen LogP contribution in [0, 0.1) is 11.3 Å². The van der Waals surface area contributed by atoms with Gasteiger partial charge in [-0.1, -0.05) is 65.9 Å². The van der Waals surface area contributed by atoms with Gasteiger partial charge in [0.2, 0.25) is 5.89 Å². The predicted molar refractivity (Wildman–Crippen MR) is 131 cm³/mol. The number of rotatable bonds is 6. The average Bonchev–Trinajstić information content (AvgIpc) is 3.52. The number of aromatic nitrogens is 4. The summed E-state index contributed by atoms with van der Waals surface area (Å²) in [4.78, 5) is 16.1. The lowest BCUT2D eigenvalue weighted by Crippen LogP contribution is -2.14. The second-order valence-electron chi connectivity index (χ2n) is 7.70. The van der Waals surface area contributed by atoms with Gasteiger partial charge < -0.3 is 9.15 Å². The molecule has 0 saturated heterocycles. The van der Waals surface area contributed by atoms with Crippen LogP contribution in [0.2, 0.25) is 0 Å². The van der Waals surface area contributed by atoms with E-state index >= 15 is 0 Å². The molecule has 0 bridgehead atoms. The number of fused-ring (bicyclic) bond motifs is 1. The SMILES string of the molecule is COC(=O)Cn1nnc(-c2ccc(C=Cc3ccc(-c4nc5ccccc5o4)cc3)cc2)c1C#N. The molecule has 5 aromatic rings. The summed E-state index contributed by atoms with van der Waals surface area (Å²) in [6.45, 7) is -0.168. The molecule has 3 aromatic carbocycles. The summed E-state index contributed by atoms with van der Waals surface area (Å²) in [5.41, 5.74) is 5.89. The molecule has 0 atom stereocenters. The lowest BCUT2D eigenvalue weighted by molar-refractivity contribution is -0.141. The van der Waals surface area contributed by atoms with Crippen molar-refractivity contribution in [1.82, 2.24) is 20.0 Å². The van der Waals surface area contributed by atoms with Crippen LogP contribution in [0.5, 0.6) is 0 Å². The maximum absolute atomic E-state index is 11.5. The molecular formula is C27H19N5O3. The van der Waals surface area contributed by atoms with Crippen LogP contribution < -0.4 is 0 Å². The molecule has 0 amide bonds. The first-order valence-electron chi connectivity index (χ1n) is 10.8. The number of oxazole rings is 1. The van der Waals surface area contributed by atoms with Crippen molar-refractivity contribution < 1.29 is 13.9 Å². The molecule has 0 fully saturated rings. The number of carbonyl (C=O) groups excluding carboxylic acids is 1.